The lowest BCUT2D eigenvalue weighted by atomic mass is 9.94. The topological polar surface area (TPSA) is 69.6 Å². The van der Waals surface area contributed by atoms with E-state index in [4.69, 9.17) is 5.11 Å². The minimum Gasteiger partial charge on any atom is -0.478 e. The molecule has 0 bridgehead atoms. The molecule has 0 unspecified atom stereocenters. The van der Waals surface area contributed by atoms with Gasteiger partial charge in [-0.15, -0.1) is 0 Å². The van der Waals surface area contributed by atoms with E-state index >= 15 is 0 Å². The van der Waals surface area contributed by atoms with Crippen molar-refractivity contribution in [2.45, 2.75) is 19.4 Å². The average molecular weight is 262 g/mol. The molecule has 0 radical (unpaired) electrons. The molecule has 1 amide bonds. The van der Waals surface area contributed by atoms with Crippen LogP contribution in [0.3, 0.4) is 0 Å². The van der Waals surface area contributed by atoms with Crippen molar-refractivity contribution in [2.75, 3.05) is 20.1 Å². The molecule has 0 atom stereocenters. The van der Waals surface area contributed by atoms with Crippen LogP contribution in [0.4, 0.5) is 0 Å². The summed E-state index contributed by atoms with van der Waals surface area (Å²) in [4.78, 5) is 24.6. The molecule has 1 aromatic rings. The summed E-state index contributed by atoms with van der Waals surface area (Å²) in [6.07, 6.45) is 1.20. The highest BCUT2D eigenvalue weighted by molar-refractivity contribution is 5.89. The number of hydrogen-bond acceptors (Lipinski definition) is 3. The highest BCUT2D eigenvalue weighted by atomic mass is 16.4. The SMILES string of the molecule is CNC(=O)CCN1CCc2c(cccc2C(=O)O)C1. The second-order valence-electron chi connectivity index (χ2n) is 4.70. The van der Waals surface area contributed by atoms with Gasteiger partial charge in [0.25, 0.3) is 0 Å². The third-order valence-corrected chi connectivity index (χ3v) is 3.51. The number of nitrogens with one attached hydrogen (secondary N) is 1. The van der Waals surface area contributed by atoms with E-state index in [1.165, 1.54) is 0 Å². The lowest BCUT2D eigenvalue weighted by Gasteiger charge is -2.29. The van der Waals surface area contributed by atoms with E-state index in [0.717, 1.165) is 24.1 Å². The monoisotopic (exact) mass is 262 g/mol. The third kappa shape index (κ3) is 3.12. The molecule has 5 heteroatoms. The molecule has 0 saturated heterocycles. The maximum atomic E-state index is 11.2. The van der Waals surface area contributed by atoms with Gasteiger partial charge in [-0.3, -0.25) is 9.69 Å². The zero-order valence-electron chi connectivity index (χ0n) is 11.0. The van der Waals surface area contributed by atoms with Gasteiger partial charge < -0.3 is 10.4 Å². The van der Waals surface area contributed by atoms with Crippen LogP contribution in [0.25, 0.3) is 0 Å². The molecular weight excluding hydrogens is 244 g/mol. The van der Waals surface area contributed by atoms with Crippen molar-refractivity contribution in [1.82, 2.24) is 10.2 Å². The molecule has 1 heterocycles. The standard InChI is InChI=1S/C14H18N2O3/c1-15-13(17)6-8-16-7-5-11-10(9-16)3-2-4-12(11)14(18)19/h2-4H,5-9H2,1H3,(H,15,17)(H,18,19). The number of aromatic carboxylic acids is 1. The highest BCUT2D eigenvalue weighted by Gasteiger charge is 2.21. The molecule has 0 fully saturated rings. The zero-order chi connectivity index (χ0) is 13.8. The van der Waals surface area contributed by atoms with Crippen LogP contribution in [-0.2, 0) is 17.8 Å². The van der Waals surface area contributed by atoms with Crippen molar-refractivity contribution in [3.8, 4) is 0 Å². The maximum Gasteiger partial charge on any atom is 0.335 e. The molecule has 0 spiro atoms. The van der Waals surface area contributed by atoms with Gasteiger partial charge in [-0.1, -0.05) is 12.1 Å². The summed E-state index contributed by atoms with van der Waals surface area (Å²) < 4.78 is 0. The summed E-state index contributed by atoms with van der Waals surface area (Å²) in [6.45, 7) is 2.22. The van der Waals surface area contributed by atoms with E-state index in [1.807, 2.05) is 6.07 Å². The number of hydrogen-bond donors (Lipinski definition) is 2. The Kier molecular flexibility index (Phi) is 4.16. The summed E-state index contributed by atoms with van der Waals surface area (Å²) in [5.41, 5.74) is 2.40. The first-order chi connectivity index (χ1) is 9.11. The van der Waals surface area contributed by atoms with Gasteiger partial charge in [-0.05, 0) is 23.6 Å². The van der Waals surface area contributed by atoms with Crippen molar-refractivity contribution in [3.63, 3.8) is 0 Å². The number of rotatable bonds is 4. The van der Waals surface area contributed by atoms with Crippen LogP contribution in [0.5, 0.6) is 0 Å². The predicted octanol–water partition coefficient (Wildman–Crippen LogP) is 0.879. The van der Waals surface area contributed by atoms with Gasteiger partial charge in [0.2, 0.25) is 5.91 Å². The van der Waals surface area contributed by atoms with Gasteiger partial charge >= 0.3 is 5.97 Å². The number of fused-ring (bicyclic) bond motifs is 1. The van der Waals surface area contributed by atoms with Gasteiger partial charge in [-0.2, -0.15) is 0 Å². The molecule has 2 N–H and O–H groups in total. The fraction of sp³-hybridized carbons (Fsp3) is 0.429. The van der Waals surface area contributed by atoms with Crippen LogP contribution >= 0.6 is 0 Å². The molecule has 102 valence electrons. The van der Waals surface area contributed by atoms with Gasteiger partial charge in [0.1, 0.15) is 0 Å². The zero-order valence-corrected chi connectivity index (χ0v) is 11.0. The Morgan fingerprint density at radius 2 is 2.21 bits per heavy atom. The third-order valence-electron chi connectivity index (χ3n) is 3.51. The molecule has 5 nitrogen and oxygen atoms in total. The summed E-state index contributed by atoms with van der Waals surface area (Å²) >= 11 is 0. The summed E-state index contributed by atoms with van der Waals surface area (Å²) in [5.74, 6) is -0.833. The van der Waals surface area contributed by atoms with E-state index in [-0.39, 0.29) is 5.91 Å². The number of carbonyl (C=O) groups is 2. The van der Waals surface area contributed by atoms with Gasteiger partial charge in [-0.25, -0.2) is 4.79 Å². The molecule has 2 rings (SSSR count). The Labute approximate surface area is 112 Å². The van der Waals surface area contributed by atoms with E-state index < -0.39 is 5.97 Å². The van der Waals surface area contributed by atoms with Crippen LogP contribution in [0.15, 0.2) is 18.2 Å². The number of benzene rings is 1. The van der Waals surface area contributed by atoms with Crippen LogP contribution in [0, 0.1) is 0 Å². The molecule has 0 aromatic heterocycles. The Morgan fingerprint density at radius 1 is 1.42 bits per heavy atom. The maximum absolute atomic E-state index is 11.2. The first kappa shape index (κ1) is 13.5. The van der Waals surface area contributed by atoms with E-state index in [0.29, 0.717) is 25.1 Å². The Bertz CT molecular complexity index is 499. The predicted molar refractivity (Wildman–Crippen MR) is 71.1 cm³/mol. The minimum absolute atomic E-state index is 0.0325. The fourth-order valence-corrected chi connectivity index (χ4v) is 2.44. The molecule has 19 heavy (non-hydrogen) atoms. The number of carboxylic acids is 1. The van der Waals surface area contributed by atoms with Crippen LogP contribution < -0.4 is 5.32 Å². The molecular formula is C14H18N2O3. The summed E-state index contributed by atoms with van der Waals surface area (Å²) in [5, 5.41) is 11.8. The van der Waals surface area contributed by atoms with E-state index in [1.54, 1.807) is 19.2 Å². The normalized spacial score (nSPS) is 14.8. The highest BCUT2D eigenvalue weighted by Crippen LogP contribution is 2.22. The van der Waals surface area contributed by atoms with Gasteiger partial charge in [0.05, 0.1) is 5.56 Å². The van der Waals surface area contributed by atoms with Crippen molar-refractivity contribution in [1.29, 1.82) is 0 Å². The average Bonchev–Trinajstić information content (AvgIpc) is 2.43. The largest absolute Gasteiger partial charge is 0.478 e. The first-order valence-corrected chi connectivity index (χ1v) is 6.39. The van der Waals surface area contributed by atoms with Gasteiger partial charge in [0, 0.05) is 33.1 Å². The smallest absolute Gasteiger partial charge is 0.335 e. The Morgan fingerprint density at radius 3 is 2.89 bits per heavy atom. The fourth-order valence-electron chi connectivity index (χ4n) is 2.44. The molecule has 1 aliphatic heterocycles. The number of carbonyl (C=O) groups excluding carboxylic acids is 1. The first-order valence-electron chi connectivity index (χ1n) is 6.39. The minimum atomic E-state index is -0.865. The van der Waals surface area contributed by atoms with E-state index in [9.17, 15) is 9.59 Å². The second-order valence-corrected chi connectivity index (χ2v) is 4.70. The van der Waals surface area contributed by atoms with Gasteiger partial charge in [0.15, 0.2) is 0 Å². The Hall–Kier alpha value is -1.88. The van der Waals surface area contributed by atoms with Crippen LogP contribution in [-0.4, -0.2) is 42.0 Å². The van der Waals surface area contributed by atoms with Crippen LogP contribution in [0.2, 0.25) is 0 Å². The molecule has 1 aliphatic rings. The second kappa shape index (κ2) is 5.84. The lowest BCUT2D eigenvalue weighted by molar-refractivity contribution is -0.121. The van der Waals surface area contributed by atoms with Crippen molar-refractivity contribution >= 4 is 11.9 Å². The van der Waals surface area contributed by atoms with E-state index in [2.05, 4.69) is 10.2 Å². The number of amides is 1. The quantitative estimate of drug-likeness (QED) is 0.845. The number of nitrogens with zero attached hydrogens (tertiary/aromatic N) is 1. The Balaban J connectivity index is 2.06. The number of carboxylic acid groups (broad SMARTS) is 1. The van der Waals surface area contributed by atoms with Crippen molar-refractivity contribution < 1.29 is 14.7 Å². The lowest BCUT2D eigenvalue weighted by Crippen LogP contribution is -2.34. The van der Waals surface area contributed by atoms with Crippen LogP contribution in [0.1, 0.15) is 27.9 Å². The summed E-state index contributed by atoms with van der Waals surface area (Å²) in [7, 11) is 1.63. The molecule has 0 saturated carbocycles. The van der Waals surface area contributed by atoms with Crippen molar-refractivity contribution in [3.05, 3.63) is 34.9 Å². The summed E-state index contributed by atoms with van der Waals surface area (Å²) in [6, 6.07) is 5.40. The van der Waals surface area contributed by atoms with Crippen molar-refractivity contribution in [2.24, 2.45) is 0 Å². The molecule has 1 aromatic carbocycles. The molecule has 0 aliphatic carbocycles.